The molecule has 1 atom stereocenters. The fourth-order valence-electron chi connectivity index (χ4n) is 5.10. The summed E-state index contributed by atoms with van der Waals surface area (Å²) in [5, 5.41) is 3.37. The van der Waals surface area contributed by atoms with Gasteiger partial charge in [-0.05, 0) is 87.2 Å². The Morgan fingerprint density at radius 1 is 1.07 bits per heavy atom. The zero-order chi connectivity index (χ0) is 20.9. The summed E-state index contributed by atoms with van der Waals surface area (Å²) in [7, 11) is 0. The largest absolute Gasteiger partial charge is 0.349 e. The topological polar surface area (TPSA) is 32.3 Å². The molecule has 0 saturated carbocycles. The van der Waals surface area contributed by atoms with Crippen LogP contribution in [-0.2, 0) is 24.2 Å². The molecule has 30 heavy (non-hydrogen) atoms. The summed E-state index contributed by atoms with van der Waals surface area (Å²) in [6.45, 7) is 7.31. The predicted molar refractivity (Wildman–Crippen MR) is 123 cm³/mol. The molecule has 2 aromatic carbocycles. The molecule has 1 amide bonds. The lowest BCUT2D eigenvalue weighted by Gasteiger charge is -2.32. The third-order valence-electron chi connectivity index (χ3n) is 6.95. The van der Waals surface area contributed by atoms with Gasteiger partial charge in [0.2, 0.25) is 5.91 Å². The Kier molecular flexibility index (Phi) is 6.89. The number of nitrogens with zero attached hydrogens (tertiary/aromatic N) is 1. The van der Waals surface area contributed by atoms with Crippen molar-refractivity contribution in [3.8, 4) is 0 Å². The number of carbonyl (C=O) groups excluding carboxylic acids is 1. The molecule has 1 aliphatic carbocycles. The average Bonchev–Trinajstić information content (AvgIpc) is 2.77. The number of hydrogen-bond acceptors (Lipinski definition) is 2. The van der Waals surface area contributed by atoms with E-state index >= 15 is 0 Å². The van der Waals surface area contributed by atoms with Gasteiger partial charge >= 0.3 is 0 Å². The maximum Gasteiger partial charge on any atom is 0.223 e. The van der Waals surface area contributed by atoms with Gasteiger partial charge in [0.25, 0.3) is 0 Å². The number of amides is 1. The molecule has 1 saturated heterocycles. The van der Waals surface area contributed by atoms with Gasteiger partial charge in [0, 0.05) is 12.5 Å². The molecule has 4 rings (SSSR count). The second kappa shape index (κ2) is 9.78. The SMILES string of the molecule is CC[C@H](NC(=O)C1CCN(Cc2cccc(C)c2)CC1)c1ccc2c(c1)CCCC2. The fraction of sp³-hybridized carbons (Fsp3) is 0.519. The summed E-state index contributed by atoms with van der Waals surface area (Å²) in [5.74, 6) is 0.389. The third-order valence-corrected chi connectivity index (χ3v) is 6.95. The van der Waals surface area contributed by atoms with Crippen LogP contribution in [-0.4, -0.2) is 23.9 Å². The molecule has 1 heterocycles. The molecular formula is C27H36N2O. The first-order chi connectivity index (χ1) is 14.6. The molecule has 0 bridgehead atoms. The van der Waals surface area contributed by atoms with E-state index in [4.69, 9.17) is 0 Å². The number of likely N-dealkylation sites (tertiary alicyclic amines) is 1. The second-order valence-electron chi connectivity index (χ2n) is 9.24. The average molecular weight is 405 g/mol. The molecule has 1 fully saturated rings. The molecule has 3 heteroatoms. The van der Waals surface area contributed by atoms with Crippen LogP contribution in [0.5, 0.6) is 0 Å². The van der Waals surface area contributed by atoms with Crippen molar-refractivity contribution in [2.75, 3.05) is 13.1 Å². The third kappa shape index (κ3) is 5.13. The minimum absolute atomic E-state index is 0.134. The lowest BCUT2D eigenvalue weighted by Crippen LogP contribution is -2.41. The van der Waals surface area contributed by atoms with Crippen LogP contribution >= 0.6 is 0 Å². The number of aryl methyl sites for hydroxylation is 3. The first kappa shape index (κ1) is 21.1. The van der Waals surface area contributed by atoms with Gasteiger partial charge in [-0.25, -0.2) is 0 Å². The summed E-state index contributed by atoms with van der Waals surface area (Å²) >= 11 is 0. The summed E-state index contributed by atoms with van der Waals surface area (Å²) < 4.78 is 0. The second-order valence-corrected chi connectivity index (χ2v) is 9.24. The van der Waals surface area contributed by atoms with Crippen molar-refractivity contribution in [3.05, 3.63) is 70.3 Å². The van der Waals surface area contributed by atoms with Crippen molar-refractivity contribution in [2.24, 2.45) is 5.92 Å². The highest BCUT2D eigenvalue weighted by Crippen LogP contribution is 2.27. The highest BCUT2D eigenvalue weighted by atomic mass is 16.1. The number of fused-ring (bicyclic) bond motifs is 1. The molecule has 1 aliphatic heterocycles. The zero-order valence-corrected chi connectivity index (χ0v) is 18.6. The monoisotopic (exact) mass is 404 g/mol. The van der Waals surface area contributed by atoms with Crippen molar-refractivity contribution >= 4 is 5.91 Å². The molecule has 160 valence electrons. The number of piperidine rings is 1. The van der Waals surface area contributed by atoms with Gasteiger partial charge in [0.1, 0.15) is 0 Å². The Bertz CT molecular complexity index is 867. The van der Waals surface area contributed by atoms with Gasteiger partial charge in [0.15, 0.2) is 0 Å². The van der Waals surface area contributed by atoms with E-state index in [1.165, 1.54) is 53.5 Å². The Morgan fingerprint density at radius 3 is 2.57 bits per heavy atom. The maximum atomic E-state index is 13.0. The molecule has 3 nitrogen and oxygen atoms in total. The van der Waals surface area contributed by atoms with Crippen molar-refractivity contribution < 1.29 is 4.79 Å². The highest BCUT2D eigenvalue weighted by molar-refractivity contribution is 5.79. The van der Waals surface area contributed by atoms with E-state index in [2.05, 4.69) is 66.5 Å². The van der Waals surface area contributed by atoms with Crippen LogP contribution in [0.25, 0.3) is 0 Å². The summed E-state index contributed by atoms with van der Waals surface area (Å²) in [6.07, 6.45) is 7.85. The number of carbonyl (C=O) groups is 1. The summed E-state index contributed by atoms with van der Waals surface area (Å²) in [4.78, 5) is 15.5. The lowest BCUT2D eigenvalue weighted by atomic mass is 9.88. The van der Waals surface area contributed by atoms with Crippen LogP contribution in [0.4, 0.5) is 0 Å². The van der Waals surface area contributed by atoms with Crippen LogP contribution in [0.3, 0.4) is 0 Å². The minimum Gasteiger partial charge on any atom is -0.349 e. The van der Waals surface area contributed by atoms with Gasteiger partial charge in [-0.15, -0.1) is 0 Å². The van der Waals surface area contributed by atoms with E-state index in [-0.39, 0.29) is 17.9 Å². The molecule has 0 aromatic heterocycles. The highest BCUT2D eigenvalue weighted by Gasteiger charge is 2.27. The quantitative estimate of drug-likeness (QED) is 0.703. The van der Waals surface area contributed by atoms with E-state index in [1.54, 1.807) is 0 Å². The normalized spacial score (nSPS) is 18.6. The van der Waals surface area contributed by atoms with Gasteiger partial charge < -0.3 is 5.32 Å². The standard InChI is InChI=1S/C27H36N2O/c1-3-26(25-12-11-22-9-4-5-10-24(22)18-25)28-27(30)23-13-15-29(16-14-23)19-21-8-6-7-20(2)17-21/h6-8,11-12,17-18,23,26H,3-5,9-10,13-16,19H2,1-2H3,(H,28,30)/t26-/m0/s1. The van der Waals surface area contributed by atoms with E-state index < -0.39 is 0 Å². The minimum atomic E-state index is 0.134. The van der Waals surface area contributed by atoms with Crippen molar-refractivity contribution in [3.63, 3.8) is 0 Å². The van der Waals surface area contributed by atoms with Crippen LogP contribution in [0.2, 0.25) is 0 Å². The van der Waals surface area contributed by atoms with E-state index in [0.717, 1.165) is 38.9 Å². The van der Waals surface area contributed by atoms with Gasteiger partial charge in [-0.2, -0.15) is 0 Å². The Morgan fingerprint density at radius 2 is 1.83 bits per heavy atom. The Hall–Kier alpha value is -2.13. The maximum absolute atomic E-state index is 13.0. The van der Waals surface area contributed by atoms with Crippen LogP contribution in [0.15, 0.2) is 42.5 Å². The molecule has 0 spiro atoms. The van der Waals surface area contributed by atoms with Gasteiger partial charge in [0.05, 0.1) is 6.04 Å². The molecule has 1 N–H and O–H groups in total. The molecule has 2 aliphatic rings. The van der Waals surface area contributed by atoms with Gasteiger partial charge in [-0.1, -0.05) is 55.0 Å². The molecular weight excluding hydrogens is 368 g/mol. The van der Waals surface area contributed by atoms with Crippen molar-refractivity contribution in [2.45, 2.75) is 71.4 Å². The molecule has 0 unspecified atom stereocenters. The smallest absolute Gasteiger partial charge is 0.223 e. The molecule has 2 aromatic rings. The number of benzene rings is 2. The number of hydrogen-bond donors (Lipinski definition) is 1. The first-order valence-electron chi connectivity index (χ1n) is 11.8. The predicted octanol–water partition coefficient (Wildman–Crippen LogP) is 5.35. The van der Waals surface area contributed by atoms with Crippen molar-refractivity contribution in [1.29, 1.82) is 0 Å². The van der Waals surface area contributed by atoms with E-state index in [9.17, 15) is 4.79 Å². The lowest BCUT2D eigenvalue weighted by molar-refractivity contribution is -0.127. The number of nitrogens with one attached hydrogen (secondary N) is 1. The Balaban J connectivity index is 1.31. The van der Waals surface area contributed by atoms with Crippen molar-refractivity contribution in [1.82, 2.24) is 10.2 Å². The summed E-state index contributed by atoms with van der Waals surface area (Å²) in [6, 6.07) is 15.8. The van der Waals surface area contributed by atoms with Crippen LogP contribution in [0, 0.1) is 12.8 Å². The first-order valence-corrected chi connectivity index (χ1v) is 11.8. The fourth-order valence-corrected chi connectivity index (χ4v) is 5.10. The van der Waals surface area contributed by atoms with E-state index in [1.807, 2.05) is 0 Å². The zero-order valence-electron chi connectivity index (χ0n) is 18.6. The Labute approximate surface area is 181 Å². The number of rotatable bonds is 6. The summed E-state index contributed by atoms with van der Waals surface area (Å²) in [5.41, 5.74) is 6.97. The molecule has 0 radical (unpaired) electrons. The van der Waals surface area contributed by atoms with E-state index in [0.29, 0.717) is 0 Å². The van der Waals surface area contributed by atoms with Crippen LogP contribution < -0.4 is 5.32 Å². The van der Waals surface area contributed by atoms with Crippen LogP contribution in [0.1, 0.15) is 72.9 Å². The van der Waals surface area contributed by atoms with Gasteiger partial charge in [-0.3, -0.25) is 9.69 Å².